The summed E-state index contributed by atoms with van der Waals surface area (Å²) in [4.78, 5) is 36.4. The van der Waals surface area contributed by atoms with Gasteiger partial charge in [0, 0.05) is 38.9 Å². The fourth-order valence-corrected chi connectivity index (χ4v) is 3.46. The first-order valence-corrected chi connectivity index (χ1v) is 10.3. The zero-order chi connectivity index (χ0) is 22.2. The number of hydrogen-bond donors (Lipinski definition) is 2. The predicted octanol–water partition coefficient (Wildman–Crippen LogP) is 0.475. The number of nitrogens with zero attached hydrogens (tertiary/aromatic N) is 2. The van der Waals surface area contributed by atoms with Crippen molar-refractivity contribution in [3.63, 3.8) is 0 Å². The maximum absolute atomic E-state index is 12.8. The Balaban J connectivity index is 1.62. The van der Waals surface area contributed by atoms with E-state index < -0.39 is 11.9 Å². The van der Waals surface area contributed by atoms with Gasteiger partial charge in [-0.2, -0.15) is 0 Å². The van der Waals surface area contributed by atoms with E-state index in [1.54, 1.807) is 25.2 Å². The average Bonchev–Trinajstić information content (AvgIpc) is 3.00. The van der Waals surface area contributed by atoms with Gasteiger partial charge < -0.3 is 14.6 Å². The summed E-state index contributed by atoms with van der Waals surface area (Å²) in [5.74, 6) is 5.21. The fraction of sp³-hybridized carbons (Fsp3) is 0.500. The Morgan fingerprint density at radius 2 is 1.90 bits per heavy atom. The topological polar surface area (TPSA) is 112 Å². The second-order valence-corrected chi connectivity index (χ2v) is 7.28. The molecule has 0 aliphatic carbocycles. The van der Waals surface area contributed by atoms with Crippen LogP contribution in [0.2, 0.25) is 0 Å². The molecule has 2 aromatic rings. The minimum atomic E-state index is -0.702. The monoisotopic (exact) mass is 429 g/mol. The fourth-order valence-electron chi connectivity index (χ4n) is 3.46. The number of imide groups is 1. The van der Waals surface area contributed by atoms with Crippen molar-refractivity contribution in [2.24, 2.45) is 7.05 Å². The molecule has 0 bridgehead atoms. The zero-order valence-corrected chi connectivity index (χ0v) is 17.6. The summed E-state index contributed by atoms with van der Waals surface area (Å²) in [7, 11) is 1.65. The molecule has 0 spiro atoms. The molecule has 1 saturated heterocycles. The number of rotatable bonds is 9. The van der Waals surface area contributed by atoms with Crippen LogP contribution in [0.5, 0.6) is 0 Å². The Labute approximate surface area is 179 Å². The number of piperidine rings is 1. The van der Waals surface area contributed by atoms with Crippen LogP contribution < -0.4 is 11.0 Å². The number of aromatic nitrogens is 2. The lowest BCUT2D eigenvalue weighted by Crippen LogP contribution is -2.44. The standard InChI is InChI=1S/C22H27N3O6/c1-24-19-15-16(5-2-11-30-13-4-14-31-12-3-10-26)6-7-17(19)25(22(24)29)18-8-9-20(27)23-21(18)28/h6-7,15,18,26H,3-4,8-14H2,1H3,(H,23,27,28). The van der Waals surface area contributed by atoms with Crippen LogP contribution in [0.25, 0.3) is 11.0 Å². The third-order valence-electron chi connectivity index (χ3n) is 5.04. The van der Waals surface area contributed by atoms with E-state index in [4.69, 9.17) is 14.6 Å². The van der Waals surface area contributed by atoms with Crippen LogP contribution in [-0.4, -0.2) is 59.1 Å². The van der Waals surface area contributed by atoms with Crippen LogP contribution in [0.3, 0.4) is 0 Å². The van der Waals surface area contributed by atoms with Crippen LogP contribution in [-0.2, 0) is 26.1 Å². The maximum Gasteiger partial charge on any atom is 0.329 e. The first-order valence-electron chi connectivity index (χ1n) is 10.3. The lowest BCUT2D eigenvalue weighted by atomic mass is 10.1. The highest BCUT2D eigenvalue weighted by atomic mass is 16.5. The van der Waals surface area contributed by atoms with Gasteiger partial charge in [0.25, 0.3) is 0 Å². The molecular weight excluding hydrogens is 402 g/mol. The quantitative estimate of drug-likeness (QED) is 0.341. The molecule has 1 aromatic heterocycles. The molecule has 1 aromatic carbocycles. The van der Waals surface area contributed by atoms with Crippen LogP contribution in [0.4, 0.5) is 0 Å². The number of aliphatic hydroxyl groups excluding tert-OH is 1. The lowest BCUT2D eigenvalue weighted by molar-refractivity contribution is -0.135. The van der Waals surface area contributed by atoms with Crippen molar-refractivity contribution < 1.29 is 24.2 Å². The van der Waals surface area contributed by atoms with E-state index in [2.05, 4.69) is 17.2 Å². The summed E-state index contributed by atoms with van der Waals surface area (Å²) in [5, 5.41) is 11.0. The molecule has 31 heavy (non-hydrogen) atoms. The number of aliphatic hydroxyl groups is 1. The molecule has 1 aliphatic rings. The molecule has 9 heteroatoms. The number of nitrogens with one attached hydrogen (secondary N) is 1. The van der Waals surface area contributed by atoms with Gasteiger partial charge in [-0.3, -0.25) is 24.0 Å². The Morgan fingerprint density at radius 1 is 1.13 bits per heavy atom. The number of ether oxygens (including phenoxy) is 2. The number of fused-ring (bicyclic) bond motifs is 1. The molecule has 2 N–H and O–H groups in total. The summed E-state index contributed by atoms with van der Waals surface area (Å²) in [6.07, 6.45) is 1.90. The van der Waals surface area contributed by atoms with Crippen molar-refractivity contribution in [1.82, 2.24) is 14.5 Å². The lowest BCUT2D eigenvalue weighted by Gasteiger charge is -2.21. The minimum Gasteiger partial charge on any atom is -0.396 e. The number of imidazole rings is 1. The van der Waals surface area contributed by atoms with E-state index in [9.17, 15) is 14.4 Å². The summed E-state index contributed by atoms with van der Waals surface area (Å²) in [6, 6.07) is 4.68. The van der Waals surface area contributed by atoms with Gasteiger partial charge in [0.05, 0.1) is 17.6 Å². The van der Waals surface area contributed by atoms with Crippen molar-refractivity contribution in [1.29, 1.82) is 0 Å². The number of carbonyl (C=O) groups excluding carboxylic acids is 2. The van der Waals surface area contributed by atoms with Crippen LogP contribution >= 0.6 is 0 Å². The number of aryl methyl sites for hydroxylation is 1. The Bertz CT molecular complexity index is 1060. The third-order valence-corrected chi connectivity index (χ3v) is 5.04. The van der Waals surface area contributed by atoms with E-state index in [1.165, 1.54) is 9.13 Å². The second kappa shape index (κ2) is 10.9. The molecular formula is C22H27N3O6. The largest absolute Gasteiger partial charge is 0.396 e. The van der Waals surface area contributed by atoms with E-state index in [1.807, 2.05) is 0 Å². The van der Waals surface area contributed by atoms with Gasteiger partial charge >= 0.3 is 5.69 Å². The van der Waals surface area contributed by atoms with Crippen LogP contribution in [0.1, 0.15) is 37.3 Å². The van der Waals surface area contributed by atoms with Gasteiger partial charge in [-0.05, 0) is 37.5 Å². The van der Waals surface area contributed by atoms with Gasteiger partial charge in [-0.15, -0.1) is 0 Å². The van der Waals surface area contributed by atoms with Crippen molar-refractivity contribution >= 4 is 22.8 Å². The number of carbonyl (C=O) groups is 2. The molecule has 166 valence electrons. The molecule has 9 nitrogen and oxygen atoms in total. The normalized spacial score (nSPS) is 16.3. The highest BCUT2D eigenvalue weighted by molar-refractivity contribution is 6.00. The average molecular weight is 429 g/mol. The highest BCUT2D eigenvalue weighted by Crippen LogP contribution is 2.23. The predicted molar refractivity (Wildman–Crippen MR) is 113 cm³/mol. The van der Waals surface area contributed by atoms with E-state index >= 15 is 0 Å². The van der Waals surface area contributed by atoms with Crippen LogP contribution in [0, 0.1) is 11.8 Å². The van der Waals surface area contributed by atoms with Gasteiger partial charge in [0.1, 0.15) is 12.6 Å². The zero-order valence-electron chi connectivity index (χ0n) is 17.6. The van der Waals surface area contributed by atoms with Gasteiger partial charge in [-0.25, -0.2) is 4.79 Å². The first-order chi connectivity index (χ1) is 15.0. The Morgan fingerprint density at radius 3 is 2.68 bits per heavy atom. The Kier molecular flexibility index (Phi) is 8.00. The summed E-state index contributed by atoms with van der Waals surface area (Å²) < 4.78 is 13.7. The summed E-state index contributed by atoms with van der Waals surface area (Å²) in [6.45, 7) is 2.09. The molecule has 2 heterocycles. The smallest absolute Gasteiger partial charge is 0.329 e. The molecule has 2 amide bonds. The highest BCUT2D eigenvalue weighted by Gasteiger charge is 2.31. The van der Waals surface area contributed by atoms with Crippen molar-refractivity contribution in [3.8, 4) is 11.8 Å². The summed E-state index contributed by atoms with van der Waals surface area (Å²) >= 11 is 0. The van der Waals surface area contributed by atoms with Crippen molar-refractivity contribution in [2.75, 3.05) is 33.0 Å². The van der Waals surface area contributed by atoms with E-state index in [0.29, 0.717) is 43.7 Å². The van der Waals surface area contributed by atoms with Crippen LogP contribution in [0.15, 0.2) is 23.0 Å². The minimum absolute atomic E-state index is 0.133. The second-order valence-electron chi connectivity index (χ2n) is 7.28. The first kappa shape index (κ1) is 22.7. The molecule has 1 fully saturated rings. The Hall–Kier alpha value is -2.93. The van der Waals surface area contributed by atoms with Gasteiger partial charge in [-0.1, -0.05) is 11.8 Å². The molecule has 0 radical (unpaired) electrons. The SMILES string of the molecule is Cn1c(=O)n(C2CCC(=O)NC2=O)c2ccc(C#CCOCCCOCCCO)cc21. The molecule has 1 unspecified atom stereocenters. The van der Waals surface area contributed by atoms with Crippen molar-refractivity contribution in [3.05, 3.63) is 34.2 Å². The van der Waals surface area contributed by atoms with Crippen molar-refractivity contribution in [2.45, 2.75) is 31.7 Å². The molecule has 1 aliphatic heterocycles. The van der Waals surface area contributed by atoms with Gasteiger partial charge in [0.2, 0.25) is 11.8 Å². The number of benzene rings is 1. The maximum atomic E-state index is 12.8. The third kappa shape index (κ3) is 5.61. The van der Waals surface area contributed by atoms with Gasteiger partial charge in [0.15, 0.2) is 0 Å². The summed E-state index contributed by atoms with van der Waals surface area (Å²) in [5.41, 5.74) is 1.73. The molecule has 3 rings (SSSR count). The number of amides is 2. The molecule has 0 saturated carbocycles. The van der Waals surface area contributed by atoms with E-state index in [-0.39, 0.29) is 31.2 Å². The molecule has 1 atom stereocenters. The van der Waals surface area contributed by atoms with E-state index in [0.717, 1.165) is 12.0 Å². The number of hydrogen-bond acceptors (Lipinski definition) is 6.